The third-order valence-electron chi connectivity index (χ3n) is 4.14. The van der Waals surface area contributed by atoms with Crippen LogP contribution in [0.3, 0.4) is 0 Å². The lowest BCUT2D eigenvalue weighted by Crippen LogP contribution is -2.45. The Hall–Kier alpha value is -0.860. The molecule has 2 nitrogen and oxygen atoms in total. The summed E-state index contributed by atoms with van der Waals surface area (Å²) in [5.41, 5.74) is 10.1. The zero-order valence-electron chi connectivity index (χ0n) is 11.1. The van der Waals surface area contributed by atoms with Crippen LogP contribution in [0.1, 0.15) is 36.5 Å². The summed E-state index contributed by atoms with van der Waals surface area (Å²) in [5, 5.41) is 0. The predicted molar refractivity (Wildman–Crippen MR) is 71.0 cm³/mol. The topological polar surface area (TPSA) is 35.2 Å². The first kappa shape index (κ1) is 12.6. The molecule has 17 heavy (non-hydrogen) atoms. The highest BCUT2D eigenvalue weighted by Crippen LogP contribution is 2.33. The average Bonchev–Trinajstić information content (AvgIpc) is 2.33. The molecule has 0 aliphatic carbocycles. The van der Waals surface area contributed by atoms with Gasteiger partial charge in [0.2, 0.25) is 0 Å². The van der Waals surface area contributed by atoms with Crippen LogP contribution < -0.4 is 5.73 Å². The van der Waals surface area contributed by atoms with Crippen LogP contribution in [0.15, 0.2) is 18.2 Å². The molecule has 2 N–H and O–H groups in total. The molecule has 2 unspecified atom stereocenters. The number of benzene rings is 1. The third-order valence-corrected chi connectivity index (χ3v) is 4.14. The van der Waals surface area contributed by atoms with E-state index in [1.165, 1.54) is 23.1 Å². The normalized spacial score (nSPS) is 24.4. The van der Waals surface area contributed by atoms with Gasteiger partial charge in [0.15, 0.2) is 0 Å². The molecule has 0 saturated carbocycles. The van der Waals surface area contributed by atoms with E-state index < -0.39 is 0 Å². The van der Waals surface area contributed by atoms with E-state index in [1.807, 2.05) is 0 Å². The maximum absolute atomic E-state index is 6.55. The molecule has 1 saturated heterocycles. The second kappa shape index (κ2) is 4.79. The smallest absolute Gasteiger partial charge is 0.0515 e. The zero-order chi connectivity index (χ0) is 12.5. The maximum atomic E-state index is 6.55. The van der Waals surface area contributed by atoms with Gasteiger partial charge in [-0.2, -0.15) is 0 Å². The van der Waals surface area contributed by atoms with E-state index in [0.29, 0.717) is 5.92 Å². The van der Waals surface area contributed by atoms with Gasteiger partial charge >= 0.3 is 0 Å². The highest BCUT2D eigenvalue weighted by Gasteiger charge is 2.33. The highest BCUT2D eigenvalue weighted by molar-refractivity contribution is 5.34. The Bertz CT molecular complexity index is 392. The summed E-state index contributed by atoms with van der Waals surface area (Å²) in [6, 6.07) is 6.56. The van der Waals surface area contributed by atoms with Gasteiger partial charge in [0.05, 0.1) is 6.61 Å². The first-order chi connectivity index (χ1) is 8.01. The fourth-order valence-corrected chi connectivity index (χ4v) is 2.53. The molecule has 0 radical (unpaired) electrons. The molecule has 1 heterocycles. The van der Waals surface area contributed by atoms with Crippen LogP contribution in [0.5, 0.6) is 0 Å². The molecule has 2 heteroatoms. The number of aryl methyl sites for hydroxylation is 2. The van der Waals surface area contributed by atoms with Crippen molar-refractivity contribution in [3.8, 4) is 0 Å². The van der Waals surface area contributed by atoms with Crippen LogP contribution in [0, 0.1) is 19.8 Å². The van der Waals surface area contributed by atoms with Crippen molar-refractivity contribution in [1.29, 1.82) is 0 Å². The van der Waals surface area contributed by atoms with Gasteiger partial charge in [-0.3, -0.25) is 0 Å². The Morgan fingerprint density at radius 2 is 2.06 bits per heavy atom. The van der Waals surface area contributed by atoms with Crippen molar-refractivity contribution in [3.05, 3.63) is 34.9 Å². The van der Waals surface area contributed by atoms with E-state index in [4.69, 9.17) is 10.5 Å². The molecule has 94 valence electrons. The van der Waals surface area contributed by atoms with Crippen molar-refractivity contribution in [2.75, 3.05) is 13.2 Å². The Balaban J connectivity index is 2.26. The fraction of sp³-hybridized carbons (Fsp3) is 0.600. The minimum atomic E-state index is -0.279. The lowest BCUT2D eigenvalue weighted by Gasteiger charge is -2.37. The Labute approximate surface area is 104 Å². The summed E-state index contributed by atoms with van der Waals surface area (Å²) in [6.07, 6.45) is 2.29. The van der Waals surface area contributed by atoms with E-state index in [1.54, 1.807) is 0 Å². The van der Waals surface area contributed by atoms with E-state index in [2.05, 4.69) is 39.0 Å². The van der Waals surface area contributed by atoms with Gasteiger partial charge in [-0.25, -0.2) is 0 Å². The Morgan fingerprint density at radius 3 is 2.65 bits per heavy atom. The van der Waals surface area contributed by atoms with E-state index >= 15 is 0 Å². The zero-order valence-corrected chi connectivity index (χ0v) is 11.1. The molecule has 1 aromatic rings. The van der Waals surface area contributed by atoms with Gasteiger partial charge in [-0.1, -0.05) is 18.2 Å². The van der Waals surface area contributed by atoms with Gasteiger partial charge in [-0.15, -0.1) is 0 Å². The number of nitrogens with two attached hydrogens (primary N) is 1. The summed E-state index contributed by atoms with van der Waals surface area (Å²) in [7, 11) is 0. The number of rotatable bonds is 2. The van der Waals surface area contributed by atoms with Crippen molar-refractivity contribution in [3.63, 3.8) is 0 Å². The maximum Gasteiger partial charge on any atom is 0.0515 e. The number of ether oxygens (including phenoxy) is 1. The molecule has 0 spiro atoms. The molecular weight excluding hydrogens is 210 g/mol. The molecule has 1 aliphatic rings. The first-order valence-electron chi connectivity index (χ1n) is 6.46. The highest BCUT2D eigenvalue weighted by atomic mass is 16.5. The fourth-order valence-electron chi connectivity index (χ4n) is 2.53. The van der Waals surface area contributed by atoms with Gasteiger partial charge in [0.25, 0.3) is 0 Å². The minimum absolute atomic E-state index is 0.279. The standard InChI is InChI=1S/C15H23NO/c1-11-6-7-13(9-12(11)2)15(3,16)14-5-4-8-17-10-14/h6-7,9,14H,4-5,8,10,16H2,1-3H3. The van der Waals surface area contributed by atoms with Crippen molar-refractivity contribution < 1.29 is 4.74 Å². The largest absolute Gasteiger partial charge is 0.381 e. The molecule has 1 aliphatic heterocycles. The van der Waals surface area contributed by atoms with E-state index in [0.717, 1.165) is 19.6 Å². The second-order valence-corrected chi connectivity index (χ2v) is 5.50. The Morgan fingerprint density at radius 1 is 1.29 bits per heavy atom. The van der Waals surface area contributed by atoms with E-state index in [-0.39, 0.29) is 5.54 Å². The first-order valence-corrected chi connectivity index (χ1v) is 6.46. The van der Waals surface area contributed by atoms with Crippen molar-refractivity contribution >= 4 is 0 Å². The molecule has 0 bridgehead atoms. The quantitative estimate of drug-likeness (QED) is 0.852. The summed E-state index contributed by atoms with van der Waals surface area (Å²) in [6.45, 7) is 8.10. The number of hydrogen-bond acceptors (Lipinski definition) is 2. The van der Waals surface area contributed by atoms with Crippen LogP contribution in [-0.4, -0.2) is 13.2 Å². The van der Waals surface area contributed by atoms with Gasteiger partial charge < -0.3 is 10.5 Å². The second-order valence-electron chi connectivity index (χ2n) is 5.50. The molecule has 0 amide bonds. The molecule has 1 fully saturated rings. The third kappa shape index (κ3) is 2.53. The molecule has 0 aromatic heterocycles. The van der Waals surface area contributed by atoms with Crippen LogP contribution >= 0.6 is 0 Å². The Kier molecular flexibility index (Phi) is 3.55. The van der Waals surface area contributed by atoms with Crippen LogP contribution in [0.25, 0.3) is 0 Å². The van der Waals surface area contributed by atoms with Crippen molar-refractivity contribution in [1.82, 2.24) is 0 Å². The van der Waals surface area contributed by atoms with Crippen LogP contribution in [0.4, 0.5) is 0 Å². The molecule has 2 atom stereocenters. The lowest BCUT2D eigenvalue weighted by molar-refractivity contribution is 0.0243. The molecule has 2 rings (SSSR count). The van der Waals surface area contributed by atoms with Crippen molar-refractivity contribution in [2.24, 2.45) is 11.7 Å². The van der Waals surface area contributed by atoms with Crippen LogP contribution in [-0.2, 0) is 10.3 Å². The van der Waals surface area contributed by atoms with Crippen LogP contribution in [0.2, 0.25) is 0 Å². The summed E-state index contributed by atoms with van der Waals surface area (Å²) in [4.78, 5) is 0. The minimum Gasteiger partial charge on any atom is -0.381 e. The van der Waals surface area contributed by atoms with Crippen molar-refractivity contribution in [2.45, 2.75) is 39.2 Å². The number of hydrogen-bond donors (Lipinski definition) is 1. The molecule has 1 aromatic carbocycles. The summed E-state index contributed by atoms with van der Waals surface area (Å²) >= 11 is 0. The predicted octanol–water partition coefficient (Wildman–Crippen LogP) is 2.90. The van der Waals surface area contributed by atoms with Gasteiger partial charge in [-0.05, 0) is 50.3 Å². The summed E-state index contributed by atoms with van der Waals surface area (Å²) < 4.78 is 5.56. The summed E-state index contributed by atoms with van der Waals surface area (Å²) in [5.74, 6) is 0.429. The molecular formula is C15H23NO. The van der Waals surface area contributed by atoms with Gasteiger partial charge in [0.1, 0.15) is 0 Å². The van der Waals surface area contributed by atoms with Gasteiger partial charge in [0, 0.05) is 18.1 Å². The monoisotopic (exact) mass is 233 g/mol. The lowest BCUT2D eigenvalue weighted by atomic mass is 9.77. The SMILES string of the molecule is Cc1ccc(C(C)(N)C2CCCOC2)cc1C. The van der Waals surface area contributed by atoms with E-state index in [9.17, 15) is 0 Å². The average molecular weight is 233 g/mol.